The number of hydrogen-bond donors (Lipinski definition) is 2. The highest BCUT2D eigenvalue weighted by atomic mass is 19.4. The molecule has 172 valence electrons. The molecular formula is C21H28F3N3O4. The number of ether oxygens (including phenoxy) is 1. The average molecular weight is 443 g/mol. The fourth-order valence-corrected chi connectivity index (χ4v) is 5.01. The lowest BCUT2D eigenvalue weighted by molar-refractivity contribution is -0.144. The lowest BCUT2D eigenvalue weighted by Crippen LogP contribution is -2.42. The minimum absolute atomic E-state index is 0.0879. The van der Waals surface area contributed by atoms with Crippen molar-refractivity contribution in [3.05, 3.63) is 23.9 Å². The molecule has 2 N–H and O–H groups in total. The molecule has 31 heavy (non-hydrogen) atoms. The quantitative estimate of drug-likeness (QED) is 0.727. The van der Waals surface area contributed by atoms with Gasteiger partial charge in [-0.15, -0.1) is 0 Å². The van der Waals surface area contributed by atoms with Crippen LogP contribution in [0.4, 0.5) is 19.0 Å². The first kappa shape index (κ1) is 23.3. The summed E-state index contributed by atoms with van der Waals surface area (Å²) in [6, 6.07) is 3.94. The van der Waals surface area contributed by atoms with E-state index in [4.69, 9.17) is 14.6 Å². The fourth-order valence-electron chi connectivity index (χ4n) is 5.01. The topological polar surface area (TPSA) is 91.8 Å². The van der Waals surface area contributed by atoms with Crippen molar-refractivity contribution in [3.8, 4) is 0 Å². The van der Waals surface area contributed by atoms with Gasteiger partial charge in [0.15, 0.2) is 0 Å². The standard InChI is InChI=1S/C19H24F3N3O2.C2H4O2/c1-12-3-2-8-23-17(12)25-10-14-13(15-4-6-18(14,11-25)27-15)9-24-16(26)5-7-19(20,21)22;1-2(3)4/h2-3,8,13-15H,4-7,9-11H2,1H3,(H,24,26);1H3,(H,3,4)/t13-,14+,15+,18+;/m0./s1. The molecule has 4 heterocycles. The Hall–Kier alpha value is -2.36. The van der Waals surface area contributed by atoms with E-state index in [1.54, 1.807) is 6.20 Å². The average Bonchev–Trinajstić information content (AvgIpc) is 3.32. The Morgan fingerprint density at radius 3 is 2.77 bits per heavy atom. The molecule has 0 aromatic carbocycles. The van der Waals surface area contributed by atoms with Gasteiger partial charge in [0.25, 0.3) is 5.97 Å². The monoisotopic (exact) mass is 443 g/mol. The lowest BCUT2D eigenvalue weighted by Gasteiger charge is -2.29. The van der Waals surface area contributed by atoms with Gasteiger partial charge in [-0.3, -0.25) is 9.59 Å². The van der Waals surface area contributed by atoms with Gasteiger partial charge in [0.2, 0.25) is 5.91 Å². The second kappa shape index (κ2) is 9.02. The number of amides is 1. The van der Waals surface area contributed by atoms with Crippen LogP contribution in [0.2, 0.25) is 0 Å². The number of aryl methyl sites for hydroxylation is 1. The van der Waals surface area contributed by atoms with E-state index in [0.29, 0.717) is 6.54 Å². The molecule has 3 aliphatic heterocycles. The number of aliphatic carboxylic acids is 1. The van der Waals surface area contributed by atoms with Gasteiger partial charge in [0.1, 0.15) is 5.82 Å². The molecule has 0 aliphatic carbocycles. The molecule has 3 saturated heterocycles. The van der Waals surface area contributed by atoms with E-state index < -0.39 is 30.9 Å². The summed E-state index contributed by atoms with van der Waals surface area (Å²) in [6.45, 7) is 5.08. The number of carboxylic acid groups (broad SMARTS) is 1. The number of anilines is 1. The van der Waals surface area contributed by atoms with E-state index in [2.05, 4.69) is 15.2 Å². The van der Waals surface area contributed by atoms with Gasteiger partial charge in [-0.1, -0.05) is 6.07 Å². The maximum atomic E-state index is 12.3. The van der Waals surface area contributed by atoms with E-state index >= 15 is 0 Å². The third-order valence-corrected chi connectivity index (χ3v) is 6.24. The Balaban J connectivity index is 0.000000628. The maximum Gasteiger partial charge on any atom is 0.389 e. The Labute approximate surface area is 179 Å². The van der Waals surface area contributed by atoms with Crippen LogP contribution in [0.3, 0.4) is 0 Å². The molecule has 1 spiro atoms. The normalized spacial score (nSPS) is 28.7. The number of halogens is 3. The van der Waals surface area contributed by atoms with Gasteiger partial charge in [-0.05, 0) is 31.4 Å². The minimum atomic E-state index is -4.30. The van der Waals surface area contributed by atoms with Crippen molar-refractivity contribution >= 4 is 17.7 Å². The second-order valence-electron chi connectivity index (χ2n) is 8.49. The number of nitrogens with zero attached hydrogens (tertiary/aromatic N) is 2. The minimum Gasteiger partial charge on any atom is -0.481 e. The lowest BCUT2D eigenvalue weighted by atomic mass is 9.73. The van der Waals surface area contributed by atoms with Gasteiger partial charge in [0, 0.05) is 51.0 Å². The van der Waals surface area contributed by atoms with Crippen LogP contribution in [0.5, 0.6) is 0 Å². The number of hydrogen-bond acceptors (Lipinski definition) is 5. The molecule has 1 amide bonds. The smallest absolute Gasteiger partial charge is 0.389 e. The molecule has 4 atom stereocenters. The number of nitrogens with one attached hydrogen (secondary N) is 1. The molecule has 0 radical (unpaired) electrons. The SMILES string of the molecule is CC(=O)O.Cc1cccnc1N1C[C@@H]2[C@H](CNC(=O)CCC(F)(F)F)[C@H]3CC[C@]2(C1)O3. The first-order valence-electron chi connectivity index (χ1n) is 10.4. The van der Waals surface area contributed by atoms with E-state index in [1.165, 1.54) is 0 Å². The highest BCUT2D eigenvalue weighted by Gasteiger charge is 2.63. The molecule has 7 nitrogen and oxygen atoms in total. The molecular weight excluding hydrogens is 415 g/mol. The van der Waals surface area contributed by atoms with Crippen molar-refractivity contribution in [2.75, 3.05) is 24.5 Å². The fraction of sp³-hybridized carbons (Fsp3) is 0.667. The van der Waals surface area contributed by atoms with Crippen molar-refractivity contribution in [3.63, 3.8) is 0 Å². The van der Waals surface area contributed by atoms with Gasteiger partial charge in [-0.25, -0.2) is 4.98 Å². The number of carbonyl (C=O) groups excluding carboxylic acids is 1. The molecule has 3 aliphatic rings. The number of carbonyl (C=O) groups is 2. The van der Waals surface area contributed by atoms with Crippen LogP contribution in [-0.4, -0.2) is 59.5 Å². The zero-order valence-corrected chi connectivity index (χ0v) is 17.6. The molecule has 3 fully saturated rings. The van der Waals surface area contributed by atoms with E-state index in [0.717, 1.165) is 44.2 Å². The zero-order valence-electron chi connectivity index (χ0n) is 17.6. The summed E-state index contributed by atoms with van der Waals surface area (Å²) in [5.74, 6) is -0.0102. The third kappa shape index (κ3) is 5.47. The Morgan fingerprint density at radius 1 is 1.42 bits per heavy atom. The van der Waals surface area contributed by atoms with Crippen LogP contribution in [0, 0.1) is 18.8 Å². The van der Waals surface area contributed by atoms with Crippen molar-refractivity contribution in [2.45, 2.75) is 57.4 Å². The summed E-state index contributed by atoms with van der Waals surface area (Å²) in [5, 5.41) is 10.1. The van der Waals surface area contributed by atoms with Gasteiger partial charge >= 0.3 is 6.18 Å². The van der Waals surface area contributed by atoms with Gasteiger partial charge < -0.3 is 20.1 Å². The highest BCUT2D eigenvalue weighted by molar-refractivity contribution is 5.75. The maximum absolute atomic E-state index is 12.3. The molecule has 1 aromatic rings. The molecule has 0 unspecified atom stereocenters. The van der Waals surface area contributed by atoms with E-state index in [1.807, 2.05) is 19.1 Å². The number of carboxylic acids is 1. The molecule has 4 rings (SSSR count). The first-order valence-corrected chi connectivity index (χ1v) is 10.4. The van der Waals surface area contributed by atoms with E-state index in [-0.39, 0.29) is 23.5 Å². The van der Waals surface area contributed by atoms with Crippen molar-refractivity contribution in [1.82, 2.24) is 10.3 Å². The molecule has 0 saturated carbocycles. The number of alkyl halides is 3. The van der Waals surface area contributed by atoms with Crippen LogP contribution >= 0.6 is 0 Å². The van der Waals surface area contributed by atoms with Crippen LogP contribution < -0.4 is 10.2 Å². The second-order valence-corrected chi connectivity index (χ2v) is 8.49. The number of pyridine rings is 1. The number of rotatable bonds is 5. The Kier molecular flexibility index (Phi) is 6.78. The zero-order chi connectivity index (χ0) is 22.8. The van der Waals surface area contributed by atoms with Crippen LogP contribution in [-0.2, 0) is 14.3 Å². The van der Waals surface area contributed by atoms with Crippen molar-refractivity contribution in [2.24, 2.45) is 11.8 Å². The molecule has 1 aromatic heterocycles. The third-order valence-electron chi connectivity index (χ3n) is 6.24. The summed E-state index contributed by atoms with van der Waals surface area (Å²) in [4.78, 5) is 27.6. The predicted molar refractivity (Wildman–Crippen MR) is 107 cm³/mol. The predicted octanol–water partition coefficient (Wildman–Crippen LogP) is 2.92. The summed E-state index contributed by atoms with van der Waals surface area (Å²) < 4.78 is 43.2. The summed E-state index contributed by atoms with van der Waals surface area (Å²) in [5.41, 5.74) is 0.899. The van der Waals surface area contributed by atoms with Crippen LogP contribution in [0.1, 0.15) is 38.2 Å². The number of fused-ring (bicyclic) bond motifs is 1. The first-order chi connectivity index (χ1) is 14.5. The molecule has 10 heteroatoms. The largest absolute Gasteiger partial charge is 0.481 e. The van der Waals surface area contributed by atoms with Gasteiger partial charge in [-0.2, -0.15) is 13.2 Å². The summed E-state index contributed by atoms with van der Waals surface area (Å²) in [6.07, 6.45) is -2.10. The number of aromatic nitrogens is 1. The van der Waals surface area contributed by atoms with Crippen LogP contribution in [0.15, 0.2) is 18.3 Å². The van der Waals surface area contributed by atoms with Gasteiger partial charge in [0.05, 0.1) is 18.1 Å². The van der Waals surface area contributed by atoms with Crippen molar-refractivity contribution < 1.29 is 32.6 Å². The summed E-state index contributed by atoms with van der Waals surface area (Å²) >= 11 is 0. The summed E-state index contributed by atoms with van der Waals surface area (Å²) in [7, 11) is 0. The van der Waals surface area contributed by atoms with Crippen LogP contribution in [0.25, 0.3) is 0 Å². The Bertz CT molecular complexity index is 815. The Morgan fingerprint density at radius 2 is 2.13 bits per heavy atom. The van der Waals surface area contributed by atoms with E-state index in [9.17, 15) is 18.0 Å². The molecule has 2 bridgehead atoms. The highest BCUT2D eigenvalue weighted by Crippen LogP contribution is 2.55. The van der Waals surface area contributed by atoms with Crippen molar-refractivity contribution in [1.29, 1.82) is 0 Å².